The molecule has 19 nitrogen and oxygen atoms in total. The topological polar surface area (TPSA) is 307 Å². The summed E-state index contributed by atoms with van der Waals surface area (Å²) in [6.07, 6.45) is 44.1. The predicted molar refractivity (Wildman–Crippen MR) is 364 cm³/mol. The molecule has 93 heavy (non-hydrogen) atoms. The van der Waals surface area contributed by atoms with Crippen LogP contribution in [0.3, 0.4) is 0 Å². The molecule has 3 aliphatic heterocycles. The summed E-state index contributed by atoms with van der Waals surface area (Å²) in [4.78, 5) is 13.4. The first-order valence-electron chi connectivity index (χ1n) is 36.3. The maximum atomic E-state index is 13.4. The second kappa shape index (κ2) is 54.9. The number of hydrogen-bond donors (Lipinski definition) is 12. The van der Waals surface area contributed by atoms with Gasteiger partial charge in [-0.05, 0) is 77.0 Å². The molecular weight excluding hydrogens is 1190 g/mol. The number of rotatable bonds is 55. The van der Waals surface area contributed by atoms with Crippen LogP contribution in [0.2, 0.25) is 0 Å². The van der Waals surface area contributed by atoms with Crippen LogP contribution >= 0.6 is 0 Å². The summed E-state index contributed by atoms with van der Waals surface area (Å²) in [5, 5.41) is 121. The Morgan fingerprint density at radius 3 is 1.20 bits per heavy atom. The maximum Gasteiger partial charge on any atom is 0.220 e. The number of carbonyl (C=O) groups excluding carboxylic acids is 1. The van der Waals surface area contributed by atoms with E-state index in [0.29, 0.717) is 12.8 Å². The Balaban J connectivity index is 1.43. The summed E-state index contributed by atoms with van der Waals surface area (Å²) < 4.78 is 34.4. The molecule has 0 radical (unpaired) electrons. The van der Waals surface area contributed by atoms with Gasteiger partial charge in [-0.25, -0.2) is 0 Å². The number of amides is 1. The van der Waals surface area contributed by atoms with E-state index in [1.807, 2.05) is 6.08 Å². The van der Waals surface area contributed by atoms with Crippen molar-refractivity contribution in [3.8, 4) is 0 Å². The van der Waals surface area contributed by atoms with Crippen LogP contribution < -0.4 is 5.32 Å². The van der Waals surface area contributed by atoms with Gasteiger partial charge in [0.15, 0.2) is 18.9 Å². The summed E-state index contributed by atoms with van der Waals surface area (Å²) in [6.45, 7) is 1.61. The van der Waals surface area contributed by atoms with Crippen LogP contribution in [0.5, 0.6) is 0 Å². The van der Waals surface area contributed by atoms with Gasteiger partial charge in [0.1, 0.15) is 73.2 Å². The minimum absolute atomic E-state index is 0.227. The van der Waals surface area contributed by atoms with E-state index in [4.69, 9.17) is 28.4 Å². The Kier molecular flexibility index (Phi) is 49.7. The van der Waals surface area contributed by atoms with E-state index in [2.05, 4.69) is 92.1 Å². The van der Waals surface area contributed by atoms with Gasteiger partial charge >= 0.3 is 0 Å². The van der Waals surface area contributed by atoms with Gasteiger partial charge in [-0.1, -0.05) is 247 Å². The van der Waals surface area contributed by atoms with E-state index in [1.54, 1.807) is 6.08 Å². The number of allylic oxidation sites excluding steroid dienone is 13. The lowest BCUT2D eigenvalue weighted by Gasteiger charge is -2.48. The lowest BCUT2D eigenvalue weighted by molar-refractivity contribution is -0.379. The SMILES string of the molecule is CC/C=C\C/C=C\C/C=C\C/C=C\C/C=C\CCCCCCCCCCCCCC(=O)NC(COC1OC(CO)C(OC2OC(CO)C(OC3OC(CO)C(O)C(O)C3O)C(O)C2O)C(O)C1O)C(O)/C=C/CC/C=C/CCCCCCCCCCCCCCCCC. The van der Waals surface area contributed by atoms with Gasteiger partial charge in [0, 0.05) is 6.42 Å². The van der Waals surface area contributed by atoms with Crippen molar-refractivity contribution in [3.63, 3.8) is 0 Å². The minimum atomic E-state index is -1.98. The summed E-state index contributed by atoms with van der Waals surface area (Å²) in [5.41, 5.74) is 0. The zero-order valence-corrected chi connectivity index (χ0v) is 57.0. The summed E-state index contributed by atoms with van der Waals surface area (Å²) >= 11 is 0. The summed E-state index contributed by atoms with van der Waals surface area (Å²) in [6, 6.07) is -0.997. The normalized spacial score (nSPS) is 28.0. The third-order valence-electron chi connectivity index (χ3n) is 17.7. The average molecular weight is 1320 g/mol. The number of aliphatic hydroxyl groups is 11. The van der Waals surface area contributed by atoms with Gasteiger partial charge in [-0.2, -0.15) is 0 Å². The summed E-state index contributed by atoms with van der Waals surface area (Å²) in [7, 11) is 0. The first kappa shape index (κ1) is 84.2. The van der Waals surface area contributed by atoms with Gasteiger partial charge < -0.3 is 89.9 Å². The van der Waals surface area contributed by atoms with Crippen LogP contribution in [0.15, 0.2) is 85.1 Å². The summed E-state index contributed by atoms with van der Waals surface area (Å²) in [5.74, 6) is -0.291. The van der Waals surface area contributed by atoms with Crippen molar-refractivity contribution in [2.45, 2.75) is 349 Å². The molecule has 0 aromatic heterocycles. The van der Waals surface area contributed by atoms with Crippen LogP contribution in [0, 0.1) is 0 Å². The number of hydrogen-bond acceptors (Lipinski definition) is 18. The van der Waals surface area contributed by atoms with Gasteiger partial charge in [-0.15, -0.1) is 0 Å². The van der Waals surface area contributed by atoms with E-state index < -0.39 is 124 Å². The van der Waals surface area contributed by atoms with Crippen LogP contribution in [-0.4, -0.2) is 193 Å². The standard InChI is InChI=1S/C74H129NO18/c1-3-5-7-9-11-13-15-17-19-21-23-25-26-27-28-29-30-32-34-36-38-40-42-44-46-48-50-52-62(80)75-57(58(79)51-49-47-45-43-41-39-37-35-33-31-24-22-20-18-16-14-12-10-8-6-4-2)56-88-72-68(86)65(83)70(60(54-77)90-72)93-74-69(87)66(84)71(61(55-78)91-74)92-73-67(85)64(82)63(81)59(53-76)89-73/h5,7,11,13,17,19,23,25,27-28,41,43,49,51,57-61,63-74,76-79,81-87H,3-4,6,8-10,12,14-16,18,20-22,24,26,29-40,42,44-48,50,52-56H2,1-2H3,(H,75,80)/b7-5-,13-11-,19-17-,25-23-,28-27-,43-41+,51-49+. The maximum absolute atomic E-state index is 13.4. The minimum Gasteiger partial charge on any atom is -0.394 e. The van der Waals surface area contributed by atoms with Crippen molar-refractivity contribution in [1.29, 1.82) is 0 Å². The van der Waals surface area contributed by atoms with Crippen molar-refractivity contribution in [2.75, 3.05) is 26.4 Å². The second-order valence-corrected chi connectivity index (χ2v) is 25.7. The monoisotopic (exact) mass is 1320 g/mol. The third-order valence-corrected chi connectivity index (χ3v) is 17.7. The van der Waals surface area contributed by atoms with E-state index in [1.165, 1.54) is 128 Å². The van der Waals surface area contributed by atoms with E-state index in [9.17, 15) is 61.0 Å². The molecule has 538 valence electrons. The van der Waals surface area contributed by atoms with Crippen molar-refractivity contribution in [1.82, 2.24) is 5.32 Å². The van der Waals surface area contributed by atoms with E-state index >= 15 is 0 Å². The molecular formula is C74H129NO18. The molecule has 0 saturated carbocycles. The highest BCUT2D eigenvalue weighted by Crippen LogP contribution is 2.33. The quantitative estimate of drug-likeness (QED) is 0.0199. The van der Waals surface area contributed by atoms with Gasteiger partial charge in [0.25, 0.3) is 0 Å². The molecule has 12 N–H and O–H groups in total. The molecule has 3 fully saturated rings. The molecule has 17 atom stereocenters. The molecule has 0 spiro atoms. The van der Waals surface area contributed by atoms with Crippen LogP contribution in [-0.2, 0) is 33.2 Å². The number of ether oxygens (including phenoxy) is 6. The molecule has 3 aliphatic rings. The zero-order valence-electron chi connectivity index (χ0n) is 57.0. The molecule has 0 aliphatic carbocycles. The fourth-order valence-electron chi connectivity index (χ4n) is 11.8. The lowest BCUT2D eigenvalue weighted by atomic mass is 9.96. The van der Waals surface area contributed by atoms with Crippen LogP contribution in [0.4, 0.5) is 0 Å². The third kappa shape index (κ3) is 36.4. The molecule has 0 bridgehead atoms. The van der Waals surface area contributed by atoms with Crippen molar-refractivity contribution >= 4 is 5.91 Å². The zero-order chi connectivity index (χ0) is 67.5. The Labute approximate surface area is 559 Å². The Bertz CT molecular complexity index is 2010. The molecule has 3 heterocycles. The Hall–Kier alpha value is -3.03. The molecule has 0 aromatic rings. The smallest absolute Gasteiger partial charge is 0.220 e. The highest BCUT2D eigenvalue weighted by Gasteiger charge is 2.53. The van der Waals surface area contributed by atoms with E-state index in [0.717, 1.165) is 83.5 Å². The fraction of sp³-hybridized carbons (Fsp3) is 0.797. The van der Waals surface area contributed by atoms with E-state index in [-0.39, 0.29) is 18.9 Å². The number of nitrogens with one attached hydrogen (secondary N) is 1. The van der Waals surface area contributed by atoms with Crippen molar-refractivity contribution in [3.05, 3.63) is 85.1 Å². The van der Waals surface area contributed by atoms with Gasteiger partial charge in [-0.3, -0.25) is 4.79 Å². The predicted octanol–water partition coefficient (Wildman–Crippen LogP) is 10.3. The van der Waals surface area contributed by atoms with Gasteiger partial charge in [0.05, 0.1) is 38.6 Å². The molecule has 17 unspecified atom stereocenters. The van der Waals surface area contributed by atoms with Crippen molar-refractivity contribution < 1.29 is 89.4 Å². The molecule has 0 aromatic carbocycles. The fourth-order valence-corrected chi connectivity index (χ4v) is 11.8. The second-order valence-electron chi connectivity index (χ2n) is 25.7. The Morgan fingerprint density at radius 1 is 0.398 bits per heavy atom. The molecule has 3 saturated heterocycles. The van der Waals surface area contributed by atoms with Crippen LogP contribution in [0.25, 0.3) is 0 Å². The van der Waals surface area contributed by atoms with Crippen molar-refractivity contribution in [2.24, 2.45) is 0 Å². The lowest BCUT2D eigenvalue weighted by Crippen LogP contribution is -2.66. The van der Waals surface area contributed by atoms with Crippen LogP contribution in [0.1, 0.15) is 245 Å². The molecule has 19 heteroatoms. The Morgan fingerprint density at radius 2 is 0.753 bits per heavy atom. The highest BCUT2D eigenvalue weighted by molar-refractivity contribution is 5.76. The highest BCUT2D eigenvalue weighted by atomic mass is 16.8. The number of unbranched alkanes of at least 4 members (excludes halogenated alkanes) is 27. The number of carbonyl (C=O) groups is 1. The van der Waals surface area contributed by atoms with Gasteiger partial charge in [0.2, 0.25) is 5.91 Å². The average Bonchev–Trinajstić information content (AvgIpc) is 0.902. The first-order valence-corrected chi connectivity index (χ1v) is 36.3. The number of aliphatic hydroxyl groups excluding tert-OH is 11. The molecule has 1 amide bonds. The first-order chi connectivity index (χ1) is 45.3. The molecule has 3 rings (SSSR count). The largest absolute Gasteiger partial charge is 0.394 e.